The normalized spacial score (nSPS) is 15.0. The summed E-state index contributed by atoms with van der Waals surface area (Å²) in [6.07, 6.45) is 0.0739. The highest BCUT2D eigenvalue weighted by molar-refractivity contribution is 5.27. The van der Waals surface area contributed by atoms with E-state index < -0.39 is 0 Å². The van der Waals surface area contributed by atoms with Crippen molar-refractivity contribution in [3.8, 4) is 0 Å². The second-order valence-corrected chi connectivity index (χ2v) is 4.72. The Morgan fingerprint density at radius 3 is 2.35 bits per heavy atom. The maximum absolute atomic E-state index is 13.3. The maximum atomic E-state index is 13.3. The molecule has 3 heteroatoms. The number of nitrogens with one attached hydrogen (secondary N) is 1. The van der Waals surface area contributed by atoms with Gasteiger partial charge in [-0.05, 0) is 37.1 Å². The molecule has 0 heterocycles. The van der Waals surface area contributed by atoms with Crippen LogP contribution in [0.15, 0.2) is 18.2 Å². The van der Waals surface area contributed by atoms with Crippen LogP contribution in [0.5, 0.6) is 0 Å². The summed E-state index contributed by atoms with van der Waals surface area (Å²) in [6.45, 7) is 6.02. The van der Waals surface area contributed by atoms with Crippen LogP contribution in [0.1, 0.15) is 31.0 Å². The lowest BCUT2D eigenvalue weighted by atomic mass is 9.92. The van der Waals surface area contributed by atoms with E-state index in [1.807, 2.05) is 19.2 Å². The first-order valence-electron chi connectivity index (χ1n) is 5.97. The molecule has 0 aliphatic heterocycles. The van der Waals surface area contributed by atoms with Crippen LogP contribution < -0.4 is 5.32 Å². The van der Waals surface area contributed by atoms with Gasteiger partial charge in [0, 0.05) is 7.11 Å². The van der Waals surface area contributed by atoms with E-state index in [-0.39, 0.29) is 18.0 Å². The zero-order valence-corrected chi connectivity index (χ0v) is 11.3. The van der Waals surface area contributed by atoms with Crippen LogP contribution in [0.4, 0.5) is 4.39 Å². The van der Waals surface area contributed by atoms with Gasteiger partial charge in [-0.3, -0.25) is 0 Å². The number of benzene rings is 1. The van der Waals surface area contributed by atoms with E-state index in [9.17, 15) is 4.39 Å². The molecule has 96 valence electrons. The second-order valence-electron chi connectivity index (χ2n) is 4.72. The molecule has 17 heavy (non-hydrogen) atoms. The van der Waals surface area contributed by atoms with E-state index >= 15 is 0 Å². The zero-order valence-electron chi connectivity index (χ0n) is 11.3. The average Bonchev–Trinajstić information content (AvgIpc) is 2.29. The van der Waals surface area contributed by atoms with Gasteiger partial charge in [-0.25, -0.2) is 4.39 Å². The van der Waals surface area contributed by atoms with Crippen molar-refractivity contribution in [1.82, 2.24) is 5.32 Å². The molecule has 0 spiro atoms. The fraction of sp³-hybridized carbons (Fsp3) is 0.571. The molecule has 0 fully saturated rings. The molecule has 2 nitrogen and oxygen atoms in total. The van der Waals surface area contributed by atoms with Crippen LogP contribution >= 0.6 is 0 Å². The van der Waals surface area contributed by atoms with Crippen molar-refractivity contribution in [3.63, 3.8) is 0 Å². The molecule has 0 aromatic heterocycles. The van der Waals surface area contributed by atoms with Gasteiger partial charge in [-0.15, -0.1) is 0 Å². The number of likely N-dealkylation sites (N-methyl/N-ethyl adjacent to an activating group) is 1. The summed E-state index contributed by atoms with van der Waals surface area (Å²) < 4.78 is 18.8. The van der Waals surface area contributed by atoms with Crippen LogP contribution in [0.25, 0.3) is 0 Å². The predicted octanol–water partition coefficient (Wildman–Crippen LogP) is 3.07. The van der Waals surface area contributed by atoms with E-state index in [1.165, 1.54) is 6.07 Å². The molecule has 1 N–H and O–H groups in total. The fourth-order valence-corrected chi connectivity index (χ4v) is 2.18. The first-order valence-corrected chi connectivity index (χ1v) is 5.97. The number of hydrogen-bond acceptors (Lipinski definition) is 2. The van der Waals surface area contributed by atoms with E-state index in [0.29, 0.717) is 11.5 Å². The molecule has 0 bridgehead atoms. The van der Waals surface area contributed by atoms with Gasteiger partial charge in [0.15, 0.2) is 0 Å². The monoisotopic (exact) mass is 239 g/mol. The van der Waals surface area contributed by atoms with Crippen molar-refractivity contribution in [2.24, 2.45) is 5.92 Å². The minimum atomic E-state index is -0.165. The van der Waals surface area contributed by atoms with Gasteiger partial charge in [-0.1, -0.05) is 26.0 Å². The Morgan fingerprint density at radius 2 is 1.94 bits per heavy atom. The largest absolute Gasteiger partial charge is 0.379 e. The summed E-state index contributed by atoms with van der Waals surface area (Å²) in [5, 5.41) is 3.25. The van der Waals surface area contributed by atoms with Crippen LogP contribution in [-0.4, -0.2) is 20.3 Å². The Kier molecular flexibility index (Phi) is 5.09. The Hall–Kier alpha value is -0.930. The Bertz CT molecular complexity index is 365. The number of halogens is 1. The quantitative estimate of drug-likeness (QED) is 0.852. The summed E-state index contributed by atoms with van der Waals surface area (Å²) in [5.41, 5.74) is 1.73. The highest BCUT2D eigenvalue weighted by Gasteiger charge is 2.24. The van der Waals surface area contributed by atoms with E-state index in [4.69, 9.17) is 4.74 Å². The van der Waals surface area contributed by atoms with Gasteiger partial charge in [0.25, 0.3) is 0 Å². The second kappa shape index (κ2) is 6.12. The van der Waals surface area contributed by atoms with Crippen LogP contribution in [-0.2, 0) is 4.74 Å². The molecule has 0 aliphatic carbocycles. The Morgan fingerprint density at radius 1 is 1.29 bits per heavy atom. The van der Waals surface area contributed by atoms with Crippen molar-refractivity contribution >= 4 is 0 Å². The van der Waals surface area contributed by atoms with Crippen molar-refractivity contribution in [2.75, 3.05) is 14.2 Å². The van der Waals surface area contributed by atoms with Gasteiger partial charge in [0.05, 0.1) is 12.1 Å². The summed E-state index contributed by atoms with van der Waals surface area (Å²) in [6, 6.07) is 5.30. The molecule has 0 saturated heterocycles. The van der Waals surface area contributed by atoms with Crippen LogP contribution in [0.3, 0.4) is 0 Å². The third-order valence-corrected chi connectivity index (χ3v) is 3.11. The average molecular weight is 239 g/mol. The zero-order chi connectivity index (χ0) is 13.0. The summed E-state index contributed by atoms with van der Waals surface area (Å²) in [4.78, 5) is 0. The van der Waals surface area contributed by atoms with Gasteiger partial charge in [0.1, 0.15) is 5.82 Å². The van der Waals surface area contributed by atoms with Crippen molar-refractivity contribution in [1.29, 1.82) is 0 Å². The van der Waals surface area contributed by atoms with Gasteiger partial charge in [-0.2, -0.15) is 0 Å². The number of ether oxygens (including phenoxy) is 1. The minimum absolute atomic E-state index is 0.0739. The van der Waals surface area contributed by atoms with Crippen LogP contribution in [0.2, 0.25) is 0 Å². The Balaban J connectivity index is 3.03. The standard InChI is InChI=1S/C14H22FNO/c1-9(2)14(17-5)13(16-4)11-6-7-12(15)10(3)8-11/h6-9,13-14,16H,1-5H3. The first kappa shape index (κ1) is 14.1. The SMILES string of the molecule is CNC(c1ccc(F)c(C)c1)C(OC)C(C)C. The third-order valence-electron chi connectivity index (χ3n) is 3.11. The smallest absolute Gasteiger partial charge is 0.126 e. The molecule has 1 rings (SSSR count). The van der Waals surface area contributed by atoms with Crippen molar-refractivity contribution < 1.29 is 9.13 Å². The van der Waals surface area contributed by atoms with Gasteiger partial charge >= 0.3 is 0 Å². The molecule has 0 amide bonds. The number of hydrogen-bond donors (Lipinski definition) is 1. The lowest BCUT2D eigenvalue weighted by molar-refractivity contribution is 0.0348. The molecule has 1 aromatic rings. The summed E-state index contributed by atoms with van der Waals surface area (Å²) in [5.74, 6) is 0.227. The lowest BCUT2D eigenvalue weighted by Gasteiger charge is -2.29. The minimum Gasteiger partial charge on any atom is -0.379 e. The topological polar surface area (TPSA) is 21.3 Å². The first-order chi connectivity index (χ1) is 8.01. The van der Waals surface area contributed by atoms with Crippen LogP contribution in [0, 0.1) is 18.7 Å². The number of aryl methyl sites for hydroxylation is 1. The fourth-order valence-electron chi connectivity index (χ4n) is 2.18. The maximum Gasteiger partial charge on any atom is 0.126 e. The predicted molar refractivity (Wildman–Crippen MR) is 68.6 cm³/mol. The molecule has 0 radical (unpaired) electrons. The van der Waals surface area contributed by atoms with Gasteiger partial charge in [0.2, 0.25) is 0 Å². The van der Waals surface area contributed by atoms with Crippen molar-refractivity contribution in [3.05, 3.63) is 35.1 Å². The molecular weight excluding hydrogens is 217 g/mol. The van der Waals surface area contributed by atoms with E-state index in [1.54, 1.807) is 14.0 Å². The number of methoxy groups -OCH3 is 1. The Labute approximate surface area is 103 Å². The molecule has 2 atom stereocenters. The number of rotatable bonds is 5. The lowest BCUT2D eigenvalue weighted by Crippen LogP contribution is -2.34. The molecule has 2 unspecified atom stereocenters. The van der Waals surface area contributed by atoms with Crippen molar-refractivity contribution in [2.45, 2.75) is 32.9 Å². The highest BCUT2D eigenvalue weighted by Crippen LogP contribution is 2.25. The summed E-state index contributed by atoms with van der Waals surface area (Å²) in [7, 11) is 3.61. The van der Waals surface area contributed by atoms with Gasteiger partial charge < -0.3 is 10.1 Å². The van der Waals surface area contributed by atoms with E-state index in [2.05, 4.69) is 19.2 Å². The third kappa shape index (κ3) is 3.27. The molecule has 0 saturated carbocycles. The molecule has 1 aromatic carbocycles. The molecular formula is C14H22FNO. The molecule has 0 aliphatic rings. The summed E-state index contributed by atoms with van der Waals surface area (Å²) >= 11 is 0. The van der Waals surface area contributed by atoms with E-state index in [0.717, 1.165) is 5.56 Å². The highest BCUT2D eigenvalue weighted by atomic mass is 19.1.